The van der Waals surface area contributed by atoms with E-state index in [1.165, 1.54) is 0 Å². The van der Waals surface area contributed by atoms with Gasteiger partial charge in [-0.05, 0) is 40.7 Å². The Balaban J connectivity index is 1.47. The number of aromatic nitrogens is 1. The van der Waals surface area contributed by atoms with Gasteiger partial charge in [-0.2, -0.15) is 0 Å². The number of carbonyl (C=O) groups excluding carboxylic acids is 2. The van der Waals surface area contributed by atoms with Crippen LogP contribution >= 0.6 is 0 Å². The van der Waals surface area contributed by atoms with Crippen LogP contribution in [-0.2, 0) is 29.1 Å². The molecule has 3 atom stereocenters. The summed E-state index contributed by atoms with van der Waals surface area (Å²) < 4.78 is 5.40. The molecule has 9 heteroatoms. The van der Waals surface area contributed by atoms with Gasteiger partial charge in [-0.15, -0.1) is 0 Å². The largest absolute Gasteiger partial charge is 0.445 e. The van der Waals surface area contributed by atoms with Crippen molar-refractivity contribution >= 4 is 12.0 Å². The summed E-state index contributed by atoms with van der Waals surface area (Å²) in [4.78, 5) is 30.9. The van der Waals surface area contributed by atoms with E-state index in [2.05, 4.69) is 15.7 Å². The zero-order chi connectivity index (χ0) is 32.2. The van der Waals surface area contributed by atoms with Gasteiger partial charge in [0, 0.05) is 30.9 Å². The number of alkyl carbamates (subject to hydrolysis) is 1. The molecular weight excluding hydrogens is 566 g/mol. The van der Waals surface area contributed by atoms with Crippen LogP contribution in [0.25, 0.3) is 11.3 Å². The van der Waals surface area contributed by atoms with Gasteiger partial charge in [0.05, 0.1) is 11.8 Å². The molecule has 0 radical (unpaired) electrons. The molecule has 0 spiro atoms. The Morgan fingerprint density at radius 3 is 2.09 bits per heavy atom. The summed E-state index contributed by atoms with van der Waals surface area (Å²) in [5.74, 6) is -0.437. The number of benzene rings is 3. The van der Waals surface area contributed by atoms with Crippen molar-refractivity contribution in [3.8, 4) is 11.3 Å². The van der Waals surface area contributed by atoms with Crippen LogP contribution in [0.1, 0.15) is 37.5 Å². The summed E-state index contributed by atoms with van der Waals surface area (Å²) in [6, 6.07) is 31.2. The average Bonchev–Trinajstić information content (AvgIpc) is 3.03. The van der Waals surface area contributed by atoms with Crippen molar-refractivity contribution in [2.24, 2.45) is 11.1 Å². The van der Waals surface area contributed by atoms with Gasteiger partial charge in [-0.1, -0.05) is 112 Å². The van der Waals surface area contributed by atoms with E-state index in [1.807, 2.05) is 124 Å². The van der Waals surface area contributed by atoms with Crippen molar-refractivity contribution in [2.75, 3.05) is 6.54 Å². The van der Waals surface area contributed by atoms with Crippen LogP contribution in [0.15, 0.2) is 109 Å². The number of carbonyl (C=O) groups is 2. The molecule has 0 fully saturated rings. The smallest absolute Gasteiger partial charge is 0.408 e. The van der Waals surface area contributed by atoms with Crippen molar-refractivity contribution in [3.05, 3.63) is 126 Å². The quantitative estimate of drug-likeness (QED) is 0.159. The highest BCUT2D eigenvalue weighted by atomic mass is 16.5. The lowest BCUT2D eigenvalue weighted by atomic mass is 9.86. The molecule has 0 aliphatic rings. The molecule has 9 nitrogen and oxygen atoms in total. The number of aliphatic hydroxyl groups excluding tert-OH is 1. The van der Waals surface area contributed by atoms with Gasteiger partial charge in [-0.3, -0.25) is 15.2 Å². The normalized spacial score (nSPS) is 13.5. The van der Waals surface area contributed by atoms with E-state index in [0.29, 0.717) is 13.0 Å². The molecule has 0 saturated heterocycles. The predicted octanol–water partition coefficient (Wildman–Crippen LogP) is 4.85. The fourth-order valence-corrected chi connectivity index (χ4v) is 4.85. The number of hydrazine groups is 1. The number of nitrogens with two attached hydrogens (primary N) is 1. The topological polar surface area (TPSA) is 130 Å². The molecule has 5 N–H and O–H groups in total. The molecule has 4 aromatic rings. The number of hydrogen-bond acceptors (Lipinski definition) is 7. The standard InChI is InChI=1S/C36H43N5O4/c1-36(2,3)33(39-35(44)45-25-28-14-8-5-9-15-28)34(43)40-41(24-32(42)30(37)22-26-12-6-4-7-13-26)23-27-17-19-29(20-18-27)31-16-10-11-21-38-31/h4-21,30,32-33,42H,22-25,37H2,1-3H3,(H,39,44)(H,40,43). The number of nitrogens with one attached hydrogen (secondary N) is 2. The number of hydrogen-bond donors (Lipinski definition) is 4. The van der Waals surface area contributed by atoms with Crippen LogP contribution in [-0.4, -0.2) is 51.8 Å². The average molecular weight is 610 g/mol. The minimum absolute atomic E-state index is 0.0665. The van der Waals surface area contributed by atoms with Gasteiger partial charge < -0.3 is 20.9 Å². The second kappa shape index (κ2) is 15.9. The zero-order valence-corrected chi connectivity index (χ0v) is 26.1. The first-order valence-corrected chi connectivity index (χ1v) is 15.1. The maximum atomic E-state index is 13.7. The van der Waals surface area contributed by atoms with Crippen molar-refractivity contribution in [1.82, 2.24) is 20.7 Å². The number of ether oxygens (including phenoxy) is 1. The molecule has 3 aromatic carbocycles. The highest BCUT2D eigenvalue weighted by Crippen LogP contribution is 2.21. The molecule has 1 aromatic heterocycles. The second-order valence-corrected chi connectivity index (χ2v) is 12.2. The van der Waals surface area contributed by atoms with Crippen molar-refractivity contribution < 1.29 is 19.4 Å². The summed E-state index contributed by atoms with van der Waals surface area (Å²) in [5, 5.41) is 15.5. The maximum absolute atomic E-state index is 13.7. The van der Waals surface area contributed by atoms with E-state index in [9.17, 15) is 14.7 Å². The molecule has 236 valence electrons. The fourth-order valence-electron chi connectivity index (χ4n) is 4.85. The van der Waals surface area contributed by atoms with E-state index in [-0.39, 0.29) is 13.2 Å². The maximum Gasteiger partial charge on any atom is 0.408 e. The van der Waals surface area contributed by atoms with Gasteiger partial charge in [-0.25, -0.2) is 9.80 Å². The summed E-state index contributed by atoms with van der Waals surface area (Å²) in [6.45, 7) is 6.02. The predicted molar refractivity (Wildman–Crippen MR) is 175 cm³/mol. The van der Waals surface area contributed by atoms with Gasteiger partial charge in [0.15, 0.2) is 0 Å². The van der Waals surface area contributed by atoms with E-state index >= 15 is 0 Å². The zero-order valence-electron chi connectivity index (χ0n) is 26.1. The van der Waals surface area contributed by atoms with Crippen molar-refractivity contribution in [1.29, 1.82) is 0 Å². The molecule has 0 aliphatic heterocycles. The van der Waals surface area contributed by atoms with Crippen LogP contribution in [0.5, 0.6) is 0 Å². The first kappa shape index (κ1) is 33.3. The summed E-state index contributed by atoms with van der Waals surface area (Å²) in [5.41, 5.74) is 13.3. The minimum atomic E-state index is -0.949. The Bertz CT molecular complexity index is 1480. The number of rotatable bonds is 13. The van der Waals surface area contributed by atoms with E-state index < -0.39 is 35.6 Å². The van der Waals surface area contributed by atoms with Crippen LogP contribution < -0.4 is 16.5 Å². The van der Waals surface area contributed by atoms with Gasteiger partial charge in [0.25, 0.3) is 5.91 Å². The lowest BCUT2D eigenvalue weighted by molar-refractivity contribution is -0.131. The molecule has 4 rings (SSSR count). The third-order valence-electron chi connectivity index (χ3n) is 7.38. The molecule has 0 aliphatic carbocycles. The van der Waals surface area contributed by atoms with Crippen LogP contribution in [0.4, 0.5) is 4.79 Å². The fraction of sp³-hybridized carbons (Fsp3) is 0.306. The Hall–Kier alpha value is -4.57. The van der Waals surface area contributed by atoms with E-state index in [4.69, 9.17) is 10.5 Å². The Morgan fingerprint density at radius 2 is 1.49 bits per heavy atom. The van der Waals surface area contributed by atoms with Crippen LogP contribution in [0.2, 0.25) is 0 Å². The van der Waals surface area contributed by atoms with Crippen LogP contribution in [0.3, 0.4) is 0 Å². The highest BCUT2D eigenvalue weighted by Gasteiger charge is 2.34. The first-order valence-electron chi connectivity index (χ1n) is 15.1. The summed E-state index contributed by atoms with van der Waals surface area (Å²) in [6.07, 6.45) is 0.574. The van der Waals surface area contributed by atoms with E-state index in [1.54, 1.807) is 11.2 Å². The molecule has 1 heterocycles. The monoisotopic (exact) mass is 609 g/mol. The molecule has 45 heavy (non-hydrogen) atoms. The number of amides is 2. The van der Waals surface area contributed by atoms with Crippen LogP contribution in [0, 0.1) is 5.41 Å². The SMILES string of the molecule is CC(C)(C)C(NC(=O)OCc1ccccc1)C(=O)NN(Cc1ccc(-c2ccccn2)cc1)CC(O)C(N)Cc1ccccc1. The highest BCUT2D eigenvalue weighted by molar-refractivity contribution is 5.86. The number of nitrogens with zero attached hydrogens (tertiary/aromatic N) is 2. The summed E-state index contributed by atoms with van der Waals surface area (Å²) in [7, 11) is 0. The molecule has 2 amide bonds. The number of aliphatic hydroxyl groups is 1. The molecule has 0 bridgehead atoms. The molecule has 3 unspecified atom stereocenters. The Kier molecular flexibility index (Phi) is 11.8. The van der Waals surface area contributed by atoms with E-state index in [0.717, 1.165) is 27.9 Å². The third-order valence-corrected chi connectivity index (χ3v) is 7.38. The number of pyridine rings is 1. The Labute approximate surface area is 265 Å². The Morgan fingerprint density at radius 1 is 0.867 bits per heavy atom. The minimum Gasteiger partial charge on any atom is -0.445 e. The van der Waals surface area contributed by atoms with Crippen molar-refractivity contribution in [2.45, 2.75) is 58.5 Å². The first-order chi connectivity index (χ1) is 21.6. The lowest BCUT2D eigenvalue weighted by Gasteiger charge is -2.34. The molecule has 0 saturated carbocycles. The van der Waals surface area contributed by atoms with Crippen molar-refractivity contribution in [3.63, 3.8) is 0 Å². The third kappa shape index (κ3) is 10.5. The second-order valence-electron chi connectivity index (χ2n) is 12.2. The molecular formula is C36H43N5O4. The van der Waals surface area contributed by atoms with Gasteiger partial charge in [0.1, 0.15) is 12.6 Å². The van der Waals surface area contributed by atoms with Gasteiger partial charge >= 0.3 is 6.09 Å². The lowest BCUT2D eigenvalue weighted by Crippen LogP contribution is -2.58. The summed E-state index contributed by atoms with van der Waals surface area (Å²) >= 11 is 0. The van der Waals surface area contributed by atoms with Gasteiger partial charge in [0.2, 0.25) is 0 Å².